The third kappa shape index (κ3) is 2.41. The Hall–Kier alpha value is -1.88. The standard InChI is InChI=1S/C15H15ClN2O2/c16-13-8-10(9-17)6-7-12(13)15(20,14(18)19)11-4-2-1-3-5-11/h1-8,20H,9,17H2,(H2,18,19). The summed E-state index contributed by atoms with van der Waals surface area (Å²) in [5.41, 5.74) is 10.4. The molecular formula is C15H15ClN2O2. The molecule has 20 heavy (non-hydrogen) atoms. The van der Waals surface area contributed by atoms with E-state index in [1.54, 1.807) is 48.5 Å². The summed E-state index contributed by atoms with van der Waals surface area (Å²) in [7, 11) is 0. The topological polar surface area (TPSA) is 89.3 Å². The molecule has 0 aliphatic carbocycles. The zero-order valence-corrected chi connectivity index (χ0v) is 11.5. The maximum atomic E-state index is 11.8. The first-order valence-corrected chi connectivity index (χ1v) is 6.44. The summed E-state index contributed by atoms with van der Waals surface area (Å²) in [6, 6.07) is 13.4. The number of halogens is 1. The molecule has 0 heterocycles. The summed E-state index contributed by atoms with van der Waals surface area (Å²) >= 11 is 6.16. The van der Waals surface area contributed by atoms with Gasteiger partial charge in [0.15, 0.2) is 5.60 Å². The lowest BCUT2D eigenvalue weighted by molar-refractivity contribution is -0.133. The van der Waals surface area contributed by atoms with E-state index in [4.69, 9.17) is 23.1 Å². The molecule has 0 bridgehead atoms. The van der Waals surface area contributed by atoms with Crippen molar-refractivity contribution in [3.05, 3.63) is 70.2 Å². The van der Waals surface area contributed by atoms with Gasteiger partial charge in [0.1, 0.15) is 0 Å². The minimum atomic E-state index is -1.97. The minimum Gasteiger partial charge on any atom is -0.372 e. The van der Waals surface area contributed by atoms with E-state index in [0.717, 1.165) is 5.56 Å². The molecule has 0 radical (unpaired) electrons. The van der Waals surface area contributed by atoms with Crippen molar-refractivity contribution in [1.29, 1.82) is 0 Å². The van der Waals surface area contributed by atoms with Crippen LogP contribution in [0.25, 0.3) is 0 Å². The summed E-state index contributed by atoms with van der Waals surface area (Å²) in [6.07, 6.45) is 0. The fourth-order valence-electron chi connectivity index (χ4n) is 2.09. The van der Waals surface area contributed by atoms with Crippen LogP contribution in [0, 0.1) is 0 Å². The van der Waals surface area contributed by atoms with Gasteiger partial charge in [-0.25, -0.2) is 0 Å². The van der Waals surface area contributed by atoms with Crippen LogP contribution in [0.4, 0.5) is 0 Å². The van der Waals surface area contributed by atoms with E-state index in [1.165, 1.54) is 0 Å². The second-order valence-electron chi connectivity index (χ2n) is 4.46. The SMILES string of the molecule is NCc1ccc(C(O)(C(N)=O)c2ccccc2)c(Cl)c1. The number of hydrogen-bond donors (Lipinski definition) is 3. The largest absolute Gasteiger partial charge is 0.372 e. The van der Waals surface area contributed by atoms with Crippen LogP contribution in [0.5, 0.6) is 0 Å². The quantitative estimate of drug-likeness (QED) is 0.797. The van der Waals surface area contributed by atoms with Crippen LogP contribution in [0.1, 0.15) is 16.7 Å². The summed E-state index contributed by atoms with van der Waals surface area (Å²) < 4.78 is 0. The lowest BCUT2D eigenvalue weighted by atomic mass is 9.85. The number of carbonyl (C=O) groups is 1. The number of aliphatic hydroxyl groups is 1. The van der Waals surface area contributed by atoms with Crippen molar-refractivity contribution in [2.45, 2.75) is 12.1 Å². The number of rotatable bonds is 4. The van der Waals surface area contributed by atoms with E-state index >= 15 is 0 Å². The van der Waals surface area contributed by atoms with Gasteiger partial charge in [-0.15, -0.1) is 0 Å². The number of benzene rings is 2. The van der Waals surface area contributed by atoms with Gasteiger partial charge in [0, 0.05) is 17.1 Å². The Labute approximate surface area is 122 Å². The molecule has 5 heteroatoms. The Morgan fingerprint density at radius 3 is 2.35 bits per heavy atom. The fourth-order valence-corrected chi connectivity index (χ4v) is 2.43. The number of carbonyl (C=O) groups excluding carboxylic acids is 1. The zero-order chi connectivity index (χ0) is 14.8. The Kier molecular flexibility index (Phi) is 4.09. The lowest BCUT2D eigenvalue weighted by Gasteiger charge is -2.26. The van der Waals surface area contributed by atoms with Gasteiger partial charge in [0.05, 0.1) is 0 Å². The van der Waals surface area contributed by atoms with Crippen LogP contribution in [-0.2, 0) is 16.9 Å². The van der Waals surface area contributed by atoms with Gasteiger partial charge in [-0.3, -0.25) is 4.79 Å². The molecule has 2 rings (SSSR count). The highest BCUT2D eigenvalue weighted by Gasteiger charge is 2.39. The van der Waals surface area contributed by atoms with Gasteiger partial charge in [-0.1, -0.05) is 54.1 Å². The molecule has 104 valence electrons. The van der Waals surface area contributed by atoms with E-state index < -0.39 is 11.5 Å². The second kappa shape index (κ2) is 5.63. The Morgan fingerprint density at radius 1 is 1.20 bits per heavy atom. The highest BCUT2D eigenvalue weighted by Crippen LogP contribution is 2.34. The van der Waals surface area contributed by atoms with Crippen LogP contribution in [-0.4, -0.2) is 11.0 Å². The van der Waals surface area contributed by atoms with Crippen molar-refractivity contribution in [3.63, 3.8) is 0 Å². The van der Waals surface area contributed by atoms with E-state index in [-0.39, 0.29) is 10.6 Å². The van der Waals surface area contributed by atoms with Crippen molar-refractivity contribution in [3.8, 4) is 0 Å². The molecule has 0 aliphatic rings. The molecule has 0 spiro atoms. The molecule has 4 nitrogen and oxygen atoms in total. The summed E-state index contributed by atoms with van der Waals surface area (Å²) in [4.78, 5) is 11.8. The molecule has 2 aromatic carbocycles. The van der Waals surface area contributed by atoms with Gasteiger partial charge in [0.2, 0.25) is 0 Å². The molecule has 0 aromatic heterocycles. The van der Waals surface area contributed by atoms with Crippen molar-refractivity contribution >= 4 is 17.5 Å². The maximum Gasteiger partial charge on any atom is 0.258 e. The van der Waals surface area contributed by atoms with Gasteiger partial charge in [0.25, 0.3) is 5.91 Å². The molecule has 1 atom stereocenters. The van der Waals surface area contributed by atoms with Gasteiger partial charge < -0.3 is 16.6 Å². The second-order valence-corrected chi connectivity index (χ2v) is 4.87. The molecule has 0 fully saturated rings. The average Bonchev–Trinajstić information content (AvgIpc) is 2.47. The molecule has 1 unspecified atom stereocenters. The third-order valence-electron chi connectivity index (χ3n) is 3.21. The number of nitrogens with two attached hydrogens (primary N) is 2. The monoisotopic (exact) mass is 290 g/mol. The lowest BCUT2D eigenvalue weighted by Crippen LogP contribution is -2.42. The highest BCUT2D eigenvalue weighted by atomic mass is 35.5. The van der Waals surface area contributed by atoms with E-state index in [0.29, 0.717) is 12.1 Å². The molecule has 0 saturated heterocycles. The van der Waals surface area contributed by atoms with Crippen LogP contribution < -0.4 is 11.5 Å². The molecule has 0 saturated carbocycles. The molecule has 1 amide bonds. The smallest absolute Gasteiger partial charge is 0.258 e. The Bertz CT molecular complexity index is 631. The van der Waals surface area contributed by atoms with Crippen LogP contribution in [0.3, 0.4) is 0 Å². The number of amides is 1. The summed E-state index contributed by atoms with van der Waals surface area (Å²) in [5.74, 6) is -0.883. The molecule has 0 aliphatic heterocycles. The third-order valence-corrected chi connectivity index (χ3v) is 3.52. The van der Waals surface area contributed by atoms with E-state index in [2.05, 4.69) is 0 Å². The number of hydrogen-bond acceptors (Lipinski definition) is 3. The van der Waals surface area contributed by atoms with Crippen molar-refractivity contribution in [1.82, 2.24) is 0 Å². The van der Waals surface area contributed by atoms with Gasteiger partial charge in [-0.2, -0.15) is 0 Å². The van der Waals surface area contributed by atoms with Gasteiger partial charge in [-0.05, 0) is 17.2 Å². The first-order chi connectivity index (χ1) is 9.50. The normalized spacial score (nSPS) is 13.8. The maximum absolute atomic E-state index is 11.8. The molecule has 5 N–H and O–H groups in total. The first kappa shape index (κ1) is 14.5. The summed E-state index contributed by atoms with van der Waals surface area (Å²) in [6.45, 7) is 0.320. The average molecular weight is 291 g/mol. The van der Waals surface area contributed by atoms with Crippen molar-refractivity contribution in [2.75, 3.05) is 0 Å². The zero-order valence-electron chi connectivity index (χ0n) is 10.7. The molecule has 2 aromatic rings. The Morgan fingerprint density at radius 2 is 1.85 bits per heavy atom. The van der Waals surface area contributed by atoms with Gasteiger partial charge >= 0.3 is 0 Å². The molecular weight excluding hydrogens is 276 g/mol. The van der Waals surface area contributed by atoms with Crippen LogP contribution in [0.15, 0.2) is 48.5 Å². The van der Waals surface area contributed by atoms with Crippen molar-refractivity contribution < 1.29 is 9.90 Å². The van der Waals surface area contributed by atoms with Crippen LogP contribution in [0.2, 0.25) is 5.02 Å². The predicted molar refractivity (Wildman–Crippen MR) is 78.0 cm³/mol. The van der Waals surface area contributed by atoms with Crippen LogP contribution >= 0.6 is 11.6 Å². The fraction of sp³-hybridized carbons (Fsp3) is 0.133. The summed E-state index contributed by atoms with van der Waals surface area (Å²) in [5, 5.41) is 11.0. The van der Waals surface area contributed by atoms with E-state index in [9.17, 15) is 9.90 Å². The van der Waals surface area contributed by atoms with Crippen molar-refractivity contribution in [2.24, 2.45) is 11.5 Å². The Balaban J connectivity index is 2.63. The minimum absolute atomic E-state index is 0.245. The van der Waals surface area contributed by atoms with E-state index in [1.807, 2.05) is 0 Å². The highest BCUT2D eigenvalue weighted by molar-refractivity contribution is 6.32. The predicted octanol–water partition coefficient (Wildman–Crippen LogP) is 1.52. The first-order valence-electron chi connectivity index (χ1n) is 6.07. The number of primary amides is 1.